The van der Waals surface area contributed by atoms with E-state index in [9.17, 15) is 37.5 Å². The number of benzene rings is 9. The molecule has 16 rings (SSSR count). The Labute approximate surface area is 712 Å². The fraction of sp³-hybridized carbons (Fsp3) is 0.412. The van der Waals surface area contributed by atoms with E-state index in [0.717, 1.165) is 105 Å². The molecule has 0 radical (unpaired) electrons. The molecule has 19 heteroatoms. The molecule has 0 aromatic heterocycles. The molecule has 0 spiro atoms. The molecule has 0 bridgehead atoms. The highest BCUT2D eigenvalue weighted by atomic mass is 19.1. The summed E-state index contributed by atoms with van der Waals surface area (Å²) in [6.07, 6.45) is 20.7. The monoisotopic (exact) mass is 1640 g/mol. The fourth-order valence-corrected chi connectivity index (χ4v) is 19.3. The van der Waals surface area contributed by atoms with E-state index in [-0.39, 0.29) is 58.2 Å². The highest BCUT2D eigenvalue weighted by Crippen LogP contribution is 2.44. The van der Waals surface area contributed by atoms with Gasteiger partial charge in [-0.15, -0.1) is 0 Å². The zero-order valence-corrected chi connectivity index (χ0v) is 71.5. The summed E-state index contributed by atoms with van der Waals surface area (Å²) in [7, 11) is 0. The SMILES string of the molecule is Cc1ccc(NC(=O)C2CCCN(C(=O)c3c(C)cccc3F)[C@H]2c2ccc(NC3CCCC3)cc2)cc1C.Cc1ccc(NC(=O)C2CCCN(C(=O)c3c(C)cccc3F)[C@H]2c2ccc(OC3CCCC3)cc2)cc1C.Cc1ccc(NC(=O)[C@H]2CCCN(C(=O)c3c(C)cccc3F)[C@H]2c2ccc(NC3CCCC3)cc2)cc1N1CCCC1. The molecule has 4 saturated heterocycles. The van der Waals surface area contributed by atoms with E-state index >= 15 is 4.39 Å². The second kappa shape index (κ2) is 39.5. The van der Waals surface area contributed by atoms with Gasteiger partial charge >= 0.3 is 0 Å². The summed E-state index contributed by atoms with van der Waals surface area (Å²) in [5, 5.41) is 16.6. The lowest BCUT2D eigenvalue weighted by atomic mass is 9.83. The minimum Gasteiger partial charge on any atom is -0.490 e. The zero-order chi connectivity index (χ0) is 85.0. The Bertz CT molecular complexity index is 4900. The third kappa shape index (κ3) is 20.5. The summed E-state index contributed by atoms with van der Waals surface area (Å²) >= 11 is 0. The summed E-state index contributed by atoms with van der Waals surface area (Å²) in [5.41, 5.74) is 15.8. The Balaban J connectivity index is 0.000000149. The topological polar surface area (TPSA) is 185 Å². The number of anilines is 6. The van der Waals surface area contributed by atoms with Crippen molar-refractivity contribution in [2.45, 2.75) is 220 Å². The van der Waals surface area contributed by atoms with Crippen LogP contribution in [0.3, 0.4) is 0 Å². The average Bonchev–Trinajstić information content (AvgIpc) is 1.28. The number of halogens is 3. The van der Waals surface area contributed by atoms with E-state index in [0.29, 0.717) is 86.9 Å². The molecule has 4 aliphatic heterocycles. The number of carbonyl (C=O) groups is 6. The van der Waals surface area contributed by atoms with Gasteiger partial charge < -0.3 is 50.9 Å². The van der Waals surface area contributed by atoms with Crippen molar-refractivity contribution in [3.63, 3.8) is 0 Å². The van der Waals surface area contributed by atoms with Crippen molar-refractivity contribution in [3.05, 3.63) is 277 Å². The normalized spacial score (nSPS) is 20.1. The first-order chi connectivity index (χ1) is 58.5. The van der Waals surface area contributed by atoms with E-state index in [1.54, 1.807) is 71.9 Å². The number of hydrogen-bond donors (Lipinski definition) is 5. The third-order valence-electron chi connectivity index (χ3n) is 26.2. The first kappa shape index (κ1) is 86.2. The molecule has 6 atom stereocenters. The lowest BCUT2D eigenvalue weighted by molar-refractivity contribution is -0.124. The third-order valence-corrected chi connectivity index (χ3v) is 26.2. The standard InChI is InChI=1S/C36H43FN4O2.C33H38FN3O2.C33H37FN2O3/c1-24-14-17-29(23-32(24)40-20-5-6-21-40)39-35(42)30-12-8-22-41(36(43)33-25(2)9-7-13-31(33)37)34(30)26-15-18-28(19-16-26)38-27-10-3-4-11-27;1-21-13-16-27(20-23(21)3)36-32(38)28-11-7-19-37(33(39)30-22(2)8-6-12-29(30)34)31(28)24-14-17-26(18-15-24)35-25-9-4-5-10-25;1-21-13-16-25(20-23(21)3)35-32(37)28-11-7-19-36(33(38)30-22(2)8-6-12-29(30)34)31(28)24-14-17-27(18-15-24)39-26-9-4-5-10-26/h7,9,13-19,23,27,30,34,38H,3-6,8,10-12,20-22H2,1-2H3,(H,39,42);6,8,12-18,20,25,28,31,35H,4-5,7,9-11,19H2,1-3H3,(H,36,38);6,8,12-18,20,26,28,31H,4-5,7,9-11,19H2,1-3H3,(H,35,37)/t30-,34-;2*28?,31-/m000/s1. The quantitative estimate of drug-likeness (QED) is 0.0522. The maximum absolute atomic E-state index is 15.0. The van der Waals surface area contributed by atoms with Crippen LogP contribution in [0.5, 0.6) is 5.75 Å². The maximum atomic E-state index is 15.0. The van der Waals surface area contributed by atoms with Gasteiger partial charge in [0.1, 0.15) is 23.2 Å². The number of aryl methyl sites for hydroxylation is 8. The van der Waals surface area contributed by atoms with E-state index in [1.807, 2.05) is 131 Å². The Kier molecular flexibility index (Phi) is 28.2. The summed E-state index contributed by atoms with van der Waals surface area (Å²) in [5.74, 6) is -3.74. The van der Waals surface area contributed by atoms with E-state index < -0.39 is 53.3 Å². The number of hydrogen-bond acceptors (Lipinski definition) is 10. The summed E-state index contributed by atoms with van der Waals surface area (Å²) in [4.78, 5) is 90.8. The van der Waals surface area contributed by atoms with Gasteiger partial charge in [-0.2, -0.15) is 0 Å². The fourth-order valence-electron chi connectivity index (χ4n) is 19.3. The molecule has 2 unspecified atom stereocenters. The predicted octanol–water partition coefficient (Wildman–Crippen LogP) is 22.3. The molecule has 121 heavy (non-hydrogen) atoms. The minimum absolute atomic E-state index is 0.0684. The predicted molar refractivity (Wildman–Crippen MR) is 477 cm³/mol. The highest BCUT2D eigenvalue weighted by Gasteiger charge is 2.45. The Morgan fingerprint density at radius 3 is 0.983 bits per heavy atom. The van der Waals surface area contributed by atoms with Gasteiger partial charge in [-0.25, -0.2) is 13.2 Å². The van der Waals surface area contributed by atoms with E-state index in [1.165, 1.54) is 101 Å². The smallest absolute Gasteiger partial charge is 0.257 e. The molecule has 16 nitrogen and oxygen atoms in total. The van der Waals surface area contributed by atoms with Crippen molar-refractivity contribution in [1.29, 1.82) is 0 Å². The lowest BCUT2D eigenvalue weighted by Crippen LogP contribution is -2.46. The van der Waals surface area contributed by atoms with Crippen molar-refractivity contribution >= 4 is 69.6 Å². The summed E-state index contributed by atoms with van der Waals surface area (Å²) < 4.78 is 51.0. The summed E-state index contributed by atoms with van der Waals surface area (Å²) in [6, 6.07) is 55.4. The van der Waals surface area contributed by atoms with Gasteiger partial charge in [0.05, 0.1) is 58.7 Å². The largest absolute Gasteiger partial charge is 0.490 e. The van der Waals surface area contributed by atoms with Crippen LogP contribution in [0.2, 0.25) is 0 Å². The molecule has 634 valence electrons. The molecule has 5 N–H and O–H groups in total. The van der Waals surface area contributed by atoms with Crippen LogP contribution in [-0.4, -0.2) is 101 Å². The van der Waals surface area contributed by atoms with Crippen molar-refractivity contribution in [3.8, 4) is 5.75 Å². The molecule has 6 amide bonds. The number of nitrogens with one attached hydrogen (secondary N) is 5. The minimum atomic E-state index is -0.541. The molecule has 4 heterocycles. The van der Waals surface area contributed by atoms with Crippen LogP contribution in [0.15, 0.2) is 182 Å². The van der Waals surface area contributed by atoms with E-state index in [2.05, 4.69) is 62.7 Å². The van der Waals surface area contributed by atoms with Crippen molar-refractivity contribution < 1.29 is 46.7 Å². The van der Waals surface area contributed by atoms with Crippen LogP contribution in [0.25, 0.3) is 0 Å². The van der Waals surface area contributed by atoms with Gasteiger partial charge in [0.2, 0.25) is 17.7 Å². The zero-order valence-electron chi connectivity index (χ0n) is 71.5. The van der Waals surface area contributed by atoms with Gasteiger partial charge in [0.15, 0.2) is 0 Å². The number of likely N-dealkylation sites (tertiary alicyclic amines) is 3. The molecule has 7 aliphatic rings. The first-order valence-electron chi connectivity index (χ1n) is 44.1. The van der Waals surface area contributed by atoms with Crippen molar-refractivity contribution in [1.82, 2.24) is 14.7 Å². The molecule has 7 fully saturated rings. The Morgan fingerprint density at radius 2 is 0.636 bits per heavy atom. The molecule has 3 aliphatic carbocycles. The first-order valence-corrected chi connectivity index (χ1v) is 44.1. The molecule has 9 aromatic carbocycles. The second-order valence-corrected chi connectivity index (χ2v) is 34.7. The number of nitrogens with zero attached hydrogens (tertiary/aromatic N) is 4. The highest BCUT2D eigenvalue weighted by molar-refractivity contribution is 6.01. The van der Waals surface area contributed by atoms with E-state index in [4.69, 9.17) is 4.74 Å². The molecular formula is C102H118F3N9O7. The Morgan fingerprint density at radius 1 is 0.314 bits per heavy atom. The van der Waals surface area contributed by atoms with Crippen LogP contribution in [0, 0.1) is 90.6 Å². The molecule has 3 saturated carbocycles. The Hall–Kier alpha value is -11.2. The van der Waals surface area contributed by atoms with Gasteiger partial charge in [0.25, 0.3) is 17.7 Å². The lowest BCUT2D eigenvalue weighted by Gasteiger charge is -2.41. The van der Waals surface area contributed by atoms with Crippen LogP contribution in [0.4, 0.5) is 47.3 Å². The van der Waals surface area contributed by atoms with Crippen LogP contribution < -0.4 is 36.2 Å². The molecule has 9 aromatic rings. The average molecular weight is 1640 g/mol. The number of piperidine rings is 3. The van der Waals surface area contributed by atoms with Crippen LogP contribution >= 0.6 is 0 Å². The van der Waals surface area contributed by atoms with Crippen LogP contribution in [-0.2, 0) is 14.4 Å². The van der Waals surface area contributed by atoms with Crippen molar-refractivity contribution in [2.75, 3.05) is 64.2 Å². The van der Waals surface area contributed by atoms with Gasteiger partial charge in [-0.1, -0.05) is 117 Å². The van der Waals surface area contributed by atoms with Gasteiger partial charge in [-0.3, -0.25) is 28.8 Å². The number of ether oxygens (including phenoxy) is 1. The van der Waals surface area contributed by atoms with Gasteiger partial charge in [-0.05, 0) is 310 Å². The summed E-state index contributed by atoms with van der Waals surface area (Å²) in [6.45, 7) is 18.9. The number of rotatable bonds is 19. The second-order valence-electron chi connectivity index (χ2n) is 34.7. The van der Waals surface area contributed by atoms with Gasteiger partial charge in [0, 0.05) is 78.9 Å². The number of amides is 6. The van der Waals surface area contributed by atoms with Crippen molar-refractivity contribution in [2.24, 2.45) is 17.8 Å². The number of carbonyl (C=O) groups excluding carboxylic acids is 6. The maximum Gasteiger partial charge on any atom is 0.257 e. The molecular weight excluding hydrogens is 1520 g/mol. The van der Waals surface area contributed by atoms with Crippen LogP contribution in [0.1, 0.15) is 239 Å².